The number of rotatable bonds is 4. The molecule has 0 atom stereocenters. The molecule has 0 saturated carbocycles. The third-order valence-electron chi connectivity index (χ3n) is 3.40. The van der Waals surface area contributed by atoms with Gasteiger partial charge < -0.3 is 0 Å². The van der Waals surface area contributed by atoms with Crippen molar-refractivity contribution in [3.8, 4) is 6.07 Å². The first-order valence-corrected chi connectivity index (χ1v) is 7.81. The van der Waals surface area contributed by atoms with Gasteiger partial charge in [0.25, 0.3) is 0 Å². The van der Waals surface area contributed by atoms with Crippen molar-refractivity contribution in [3.63, 3.8) is 0 Å². The Balaban J connectivity index is 2.27. The van der Waals surface area contributed by atoms with Gasteiger partial charge in [-0.3, -0.25) is 4.68 Å². The van der Waals surface area contributed by atoms with Crippen LogP contribution in [0.2, 0.25) is 0 Å². The van der Waals surface area contributed by atoms with Crippen molar-refractivity contribution in [1.82, 2.24) is 14.5 Å². The van der Waals surface area contributed by atoms with E-state index in [1.807, 2.05) is 13.0 Å². The predicted octanol–water partition coefficient (Wildman–Crippen LogP) is 1.39. The van der Waals surface area contributed by atoms with Crippen LogP contribution >= 0.6 is 0 Å². The molecule has 0 radical (unpaired) electrons. The van der Waals surface area contributed by atoms with Gasteiger partial charge >= 0.3 is 0 Å². The molecule has 1 aromatic carbocycles. The van der Waals surface area contributed by atoms with Gasteiger partial charge in [0.1, 0.15) is 0 Å². The van der Waals surface area contributed by atoms with Crippen LogP contribution in [-0.2, 0) is 23.6 Å². The summed E-state index contributed by atoms with van der Waals surface area (Å²) in [6.45, 7) is 3.74. The lowest BCUT2D eigenvalue weighted by atomic mass is 10.2. The quantitative estimate of drug-likeness (QED) is 0.924. The molecule has 0 aliphatic carbocycles. The molecule has 0 unspecified atom stereocenters. The number of nitrogens with one attached hydrogen (secondary N) is 1. The van der Waals surface area contributed by atoms with Gasteiger partial charge in [-0.05, 0) is 31.5 Å². The van der Waals surface area contributed by atoms with Crippen LogP contribution < -0.4 is 4.72 Å². The molecule has 0 aliphatic rings. The van der Waals surface area contributed by atoms with E-state index in [0.717, 1.165) is 11.3 Å². The Kier molecular flexibility index (Phi) is 4.11. The van der Waals surface area contributed by atoms with Crippen LogP contribution in [0.5, 0.6) is 0 Å². The third-order valence-corrected chi connectivity index (χ3v) is 4.94. The minimum absolute atomic E-state index is 0.128. The van der Waals surface area contributed by atoms with Crippen molar-refractivity contribution in [1.29, 1.82) is 5.26 Å². The lowest BCUT2D eigenvalue weighted by Crippen LogP contribution is -2.24. The highest BCUT2D eigenvalue weighted by Gasteiger charge is 2.18. The number of hydrogen-bond acceptors (Lipinski definition) is 4. The fourth-order valence-corrected chi connectivity index (χ4v) is 3.20. The topological polar surface area (TPSA) is 87.8 Å². The summed E-state index contributed by atoms with van der Waals surface area (Å²) in [4.78, 5) is 0.128. The molecular formula is C14H16N4O2S. The van der Waals surface area contributed by atoms with Gasteiger partial charge in [0.2, 0.25) is 10.0 Å². The van der Waals surface area contributed by atoms with Gasteiger partial charge in [-0.2, -0.15) is 10.4 Å². The van der Waals surface area contributed by atoms with E-state index in [-0.39, 0.29) is 11.4 Å². The summed E-state index contributed by atoms with van der Waals surface area (Å²) in [5.74, 6) is 0. The van der Waals surface area contributed by atoms with E-state index < -0.39 is 10.0 Å². The SMILES string of the molecule is Cc1ccc(C#N)cc1S(=O)(=O)NCc1cnn(C)c1C. The predicted molar refractivity (Wildman–Crippen MR) is 77.9 cm³/mol. The van der Waals surface area contributed by atoms with E-state index in [0.29, 0.717) is 11.1 Å². The first-order valence-electron chi connectivity index (χ1n) is 6.33. The molecule has 6 nitrogen and oxygen atoms in total. The fraction of sp³-hybridized carbons (Fsp3) is 0.286. The number of sulfonamides is 1. The molecule has 0 fully saturated rings. The Morgan fingerprint density at radius 1 is 1.38 bits per heavy atom. The first kappa shape index (κ1) is 15.2. The summed E-state index contributed by atoms with van der Waals surface area (Å²) >= 11 is 0. The molecule has 2 rings (SSSR count). The van der Waals surface area contributed by atoms with E-state index in [9.17, 15) is 8.42 Å². The summed E-state index contributed by atoms with van der Waals surface area (Å²) in [6, 6.07) is 6.55. The van der Waals surface area contributed by atoms with E-state index in [1.165, 1.54) is 6.07 Å². The zero-order chi connectivity index (χ0) is 15.6. The van der Waals surface area contributed by atoms with Crippen LogP contribution in [0.25, 0.3) is 0 Å². The molecule has 0 aliphatic heterocycles. The van der Waals surface area contributed by atoms with Crippen LogP contribution in [0, 0.1) is 25.2 Å². The first-order chi connectivity index (χ1) is 9.85. The van der Waals surface area contributed by atoms with Gasteiger partial charge in [0, 0.05) is 24.8 Å². The van der Waals surface area contributed by atoms with E-state index in [4.69, 9.17) is 5.26 Å². The largest absolute Gasteiger partial charge is 0.273 e. The summed E-state index contributed by atoms with van der Waals surface area (Å²) in [7, 11) is -1.87. The summed E-state index contributed by atoms with van der Waals surface area (Å²) in [5, 5.41) is 13.0. The standard InChI is InChI=1S/C14H16N4O2S/c1-10-4-5-12(7-15)6-14(10)21(19,20)17-9-13-8-16-18(3)11(13)2/h4-6,8,17H,9H2,1-3H3. The third kappa shape index (κ3) is 3.12. The van der Waals surface area contributed by atoms with Gasteiger partial charge in [-0.15, -0.1) is 0 Å². The molecule has 0 amide bonds. The highest BCUT2D eigenvalue weighted by atomic mass is 32.2. The highest BCUT2D eigenvalue weighted by molar-refractivity contribution is 7.89. The fourth-order valence-electron chi connectivity index (χ4n) is 1.93. The zero-order valence-electron chi connectivity index (χ0n) is 12.1. The van der Waals surface area contributed by atoms with Crippen molar-refractivity contribution in [2.45, 2.75) is 25.3 Å². The Bertz CT molecular complexity index is 816. The zero-order valence-corrected chi connectivity index (χ0v) is 12.9. The summed E-state index contributed by atoms with van der Waals surface area (Å²) in [5.41, 5.74) is 2.64. The Hall–Kier alpha value is -2.17. The normalized spacial score (nSPS) is 11.3. The smallest absolute Gasteiger partial charge is 0.241 e. The molecule has 110 valence electrons. The maximum Gasteiger partial charge on any atom is 0.241 e. The second-order valence-corrected chi connectivity index (χ2v) is 6.53. The number of benzene rings is 1. The van der Waals surface area contributed by atoms with E-state index >= 15 is 0 Å². The van der Waals surface area contributed by atoms with Gasteiger partial charge in [0.05, 0.1) is 22.7 Å². The average Bonchev–Trinajstić information content (AvgIpc) is 2.77. The molecule has 21 heavy (non-hydrogen) atoms. The Morgan fingerprint density at radius 3 is 2.67 bits per heavy atom. The second kappa shape index (κ2) is 5.68. The highest BCUT2D eigenvalue weighted by Crippen LogP contribution is 2.17. The molecular weight excluding hydrogens is 288 g/mol. The number of aromatic nitrogens is 2. The maximum atomic E-state index is 12.4. The van der Waals surface area contributed by atoms with Crippen LogP contribution in [0.1, 0.15) is 22.4 Å². The van der Waals surface area contributed by atoms with Crippen LogP contribution in [0.15, 0.2) is 29.3 Å². The summed E-state index contributed by atoms with van der Waals surface area (Å²) in [6.07, 6.45) is 1.64. The molecule has 1 heterocycles. The molecule has 0 spiro atoms. The Labute approximate surface area is 124 Å². The van der Waals surface area contributed by atoms with E-state index in [2.05, 4.69) is 9.82 Å². The molecule has 0 bridgehead atoms. The Morgan fingerprint density at radius 2 is 2.10 bits per heavy atom. The number of aryl methyl sites for hydroxylation is 2. The van der Waals surface area contributed by atoms with Crippen molar-refractivity contribution >= 4 is 10.0 Å². The van der Waals surface area contributed by atoms with Gasteiger partial charge in [-0.25, -0.2) is 13.1 Å². The number of nitriles is 1. The summed E-state index contributed by atoms with van der Waals surface area (Å²) < 4.78 is 29.0. The lowest BCUT2D eigenvalue weighted by Gasteiger charge is -2.09. The molecule has 7 heteroatoms. The number of hydrogen-bond donors (Lipinski definition) is 1. The molecule has 1 aromatic heterocycles. The lowest BCUT2D eigenvalue weighted by molar-refractivity contribution is 0.580. The minimum atomic E-state index is -3.67. The monoisotopic (exact) mass is 304 g/mol. The second-order valence-electron chi connectivity index (χ2n) is 4.80. The minimum Gasteiger partial charge on any atom is -0.273 e. The number of nitrogens with zero attached hydrogens (tertiary/aromatic N) is 3. The molecule has 2 aromatic rings. The van der Waals surface area contributed by atoms with Gasteiger partial charge in [-0.1, -0.05) is 6.07 Å². The van der Waals surface area contributed by atoms with Crippen molar-refractivity contribution in [2.24, 2.45) is 7.05 Å². The maximum absolute atomic E-state index is 12.4. The van der Waals surface area contributed by atoms with E-state index in [1.54, 1.807) is 37.0 Å². The van der Waals surface area contributed by atoms with Crippen molar-refractivity contribution in [3.05, 3.63) is 46.8 Å². The van der Waals surface area contributed by atoms with Crippen LogP contribution in [0.4, 0.5) is 0 Å². The van der Waals surface area contributed by atoms with Crippen molar-refractivity contribution < 1.29 is 8.42 Å². The van der Waals surface area contributed by atoms with Gasteiger partial charge in [0.15, 0.2) is 0 Å². The van der Waals surface area contributed by atoms with Crippen LogP contribution in [-0.4, -0.2) is 18.2 Å². The molecule has 0 saturated heterocycles. The average molecular weight is 304 g/mol. The van der Waals surface area contributed by atoms with Crippen LogP contribution in [0.3, 0.4) is 0 Å². The van der Waals surface area contributed by atoms with Crippen molar-refractivity contribution in [2.75, 3.05) is 0 Å². The molecule has 1 N–H and O–H groups in total.